The Bertz CT molecular complexity index is 1940. The van der Waals surface area contributed by atoms with E-state index in [9.17, 15) is 33.9 Å². The van der Waals surface area contributed by atoms with Crippen LogP contribution >= 0.6 is 15.4 Å². The molecule has 25 heteroatoms. The summed E-state index contributed by atoms with van der Waals surface area (Å²) in [5, 5.41) is 22.2. The van der Waals surface area contributed by atoms with Crippen LogP contribution in [0.15, 0.2) is 23.8 Å². The number of hydrogen-bond acceptors (Lipinski definition) is 18. The third kappa shape index (κ3) is 5.31. The van der Waals surface area contributed by atoms with Crippen LogP contribution in [-0.2, 0) is 36.9 Å². The maximum absolute atomic E-state index is 13.2. The van der Waals surface area contributed by atoms with Crippen molar-refractivity contribution in [3.63, 3.8) is 0 Å². The maximum atomic E-state index is 13.2. The zero-order valence-electron chi connectivity index (χ0n) is 22.4. The van der Waals surface area contributed by atoms with Crippen molar-refractivity contribution in [1.29, 1.82) is 0 Å². The number of fused-ring (bicyclic) bond motifs is 4. The Kier molecular flexibility index (Phi) is 7.27. The predicted molar refractivity (Wildman–Crippen MR) is 143 cm³/mol. The fraction of sp³-hybridized carbons (Fsp3) is 0.500. The van der Waals surface area contributed by atoms with Crippen LogP contribution in [0.3, 0.4) is 0 Å². The summed E-state index contributed by atoms with van der Waals surface area (Å²) in [5.41, 5.74) is 10.8. The molecule has 4 aromatic rings. The summed E-state index contributed by atoms with van der Waals surface area (Å²) in [6.07, 6.45) is -10.6. The summed E-state index contributed by atoms with van der Waals surface area (Å²) in [6.45, 7) is -0.799. The van der Waals surface area contributed by atoms with Crippen molar-refractivity contribution in [2.24, 2.45) is 0 Å². The summed E-state index contributed by atoms with van der Waals surface area (Å²) >= 11 is 0. The first kappa shape index (κ1) is 30.2. The van der Waals surface area contributed by atoms with E-state index in [1.165, 1.54) is 10.9 Å². The molecule has 3 aliphatic rings. The highest BCUT2D eigenvalue weighted by atomic mass is 31.2. The number of nitrogen functional groups attached to an aromatic ring is 2. The Morgan fingerprint density at radius 1 is 0.911 bits per heavy atom. The van der Waals surface area contributed by atoms with Gasteiger partial charge >= 0.3 is 15.4 Å². The lowest BCUT2D eigenvalue weighted by molar-refractivity contribution is -0.168. The van der Waals surface area contributed by atoms with E-state index in [1.807, 2.05) is 0 Å². The molecule has 3 fully saturated rings. The zero-order valence-corrected chi connectivity index (χ0v) is 24.2. The molecule has 45 heavy (non-hydrogen) atoms. The van der Waals surface area contributed by atoms with Crippen molar-refractivity contribution < 1.29 is 56.9 Å². The zero-order chi connectivity index (χ0) is 31.8. The van der Waals surface area contributed by atoms with Crippen molar-refractivity contribution in [3.05, 3.63) is 29.3 Å². The van der Waals surface area contributed by atoms with Crippen LogP contribution in [-0.4, -0.2) is 109 Å². The minimum atomic E-state index is -5.08. The van der Waals surface area contributed by atoms with Crippen molar-refractivity contribution in [3.8, 4) is 0 Å². The average molecular weight is 674 g/mol. The topological polar surface area (TPSA) is 330 Å². The smallest absolute Gasteiger partial charge is 0.386 e. The van der Waals surface area contributed by atoms with E-state index in [0.29, 0.717) is 0 Å². The monoisotopic (exact) mass is 674 g/mol. The van der Waals surface area contributed by atoms with Gasteiger partial charge in [-0.1, -0.05) is 0 Å². The summed E-state index contributed by atoms with van der Waals surface area (Å²) in [5.74, 6) is -0.233. The predicted octanol–water partition coefficient (Wildman–Crippen LogP) is -2.34. The Labute approximate surface area is 248 Å². The Balaban J connectivity index is 1.17. The molecule has 3 saturated heterocycles. The molecule has 23 nitrogen and oxygen atoms in total. The van der Waals surface area contributed by atoms with E-state index in [0.717, 1.165) is 17.2 Å². The van der Waals surface area contributed by atoms with Gasteiger partial charge < -0.3 is 45.7 Å². The number of nitrogens with zero attached hydrogens (tertiary/aromatic N) is 7. The molecule has 242 valence electrons. The normalized spacial score (nSPS) is 37.7. The number of phosphoric acid groups is 1. The number of phosphoric ester groups is 1. The Morgan fingerprint density at radius 3 is 2.38 bits per heavy atom. The molecule has 0 amide bonds. The van der Waals surface area contributed by atoms with Crippen LogP contribution in [0, 0.1) is 0 Å². The number of aromatic nitrogens is 8. The fourth-order valence-electron chi connectivity index (χ4n) is 5.23. The number of aliphatic hydroxyl groups excluding tert-OH is 2. The second kappa shape index (κ2) is 10.8. The number of anilines is 2. The summed E-state index contributed by atoms with van der Waals surface area (Å²) in [6, 6.07) is 0. The molecule has 0 spiro atoms. The molecule has 9 N–H and O–H groups in total. The minimum absolute atomic E-state index is 0.0418. The van der Waals surface area contributed by atoms with Crippen molar-refractivity contribution in [1.82, 2.24) is 39.0 Å². The molecular formula is C20H24N10O13P2. The van der Waals surface area contributed by atoms with E-state index in [-0.39, 0.29) is 34.1 Å². The van der Waals surface area contributed by atoms with Gasteiger partial charge in [-0.05, 0) is 0 Å². The van der Waals surface area contributed by atoms with E-state index < -0.39 is 83.2 Å². The molecule has 0 saturated carbocycles. The number of aliphatic hydroxyl groups is 2. The van der Waals surface area contributed by atoms with Crippen LogP contribution in [0.1, 0.15) is 12.5 Å². The highest BCUT2D eigenvalue weighted by molar-refractivity contribution is 7.52. The van der Waals surface area contributed by atoms with E-state index in [4.69, 9.17) is 39.2 Å². The van der Waals surface area contributed by atoms with E-state index >= 15 is 0 Å². The van der Waals surface area contributed by atoms with Gasteiger partial charge in [0.05, 0.1) is 19.3 Å². The molecule has 0 aliphatic carbocycles. The molecule has 0 aromatic carbocycles. The first-order valence-electron chi connectivity index (χ1n) is 12.9. The van der Waals surface area contributed by atoms with Gasteiger partial charge in [-0.25, -0.2) is 24.5 Å². The highest BCUT2D eigenvalue weighted by Crippen LogP contribution is 2.53. The van der Waals surface area contributed by atoms with Gasteiger partial charge in [-0.15, -0.1) is 0 Å². The van der Waals surface area contributed by atoms with Crippen LogP contribution < -0.4 is 17.0 Å². The van der Waals surface area contributed by atoms with Gasteiger partial charge in [0.15, 0.2) is 53.8 Å². The number of ether oxygens (including phenoxy) is 3. The number of H-pyrrole nitrogens is 1. The molecule has 5 unspecified atom stereocenters. The molecule has 7 heterocycles. The second-order valence-corrected chi connectivity index (χ2v) is 13.3. The van der Waals surface area contributed by atoms with Crippen molar-refractivity contribution in [2.75, 3.05) is 24.4 Å². The maximum Gasteiger partial charge on any atom is 0.472 e. The standard InChI is InChI=1S/C20H24N10O13P2/c21-13-7-14(24-2-23-13)29(3-25-7)17-9(31)11-6(40-17)1-39-45(36,37)43-12-10(32)18(41-19(12)38-5-44(34,35)42-11)30-4-26-8-15(30)27-20(22)28-16(8)33/h2-4,6,9-12,17-19,31-32H,1,5H2,(H,34,35)(H,36,37)(H2,21,23,24)(H3,22,27,28,33)/t6-,9?,10?,11?,12-,17-,18-,19+/m1/s1. The SMILES string of the molecule is Nc1nc2c(ncn2[C@@H]2O[C@@H]3OCP(=O)(O)OC4C(O)[C@H](n5cnc6c(N)ncnc65)O[C@@H]4COP(=O)(O)O[C@@H]3C2O)c(=O)[nH]1. The number of aromatic amines is 1. The number of hydrogen-bond donors (Lipinski definition) is 7. The molecule has 0 radical (unpaired) electrons. The second-order valence-electron chi connectivity index (χ2n) is 10.1. The summed E-state index contributed by atoms with van der Waals surface area (Å²) in [7, 11) is -9.85. The molecule has 7 rings (SSSR count). The van der Waals surface area contributed by atoms with Crippen LogP contribution in [0.4, 0.5) is 11.8 Å². The van der Waals surface area contributed by atoms with Crippen molar-refractivity contribution in [2.45, 2.75) is 49.3 Å². The number of nitrogens with two attached hydrogens (primary N) is 2. The number of nitrogens with one attached hydrogen (secondary N) is 1. The van der Waals surface area contributed by atoms with Crippen LogP contribution in [0.5, 0.6) is 0 Å². The molecule has 10 atom stereocenters. The van der Waals surface area contributed by atoms with Crippen LogP contribution in [0.25, 0.3) is 22.3 Å². The molecule has 0 bridgehead atoms. The Morgan fingerprint density at radius 2 is 1.60 bits per heavy atom. The Hall–Kier alpha value is -3.44. The van der Waals surface area contributed by atoms with Gasteiger partial charge in [-0.2, -0.15) is 4.98 Å². The van der Waals surface area contributed by atoms with Gasteiger partial charge in [0.2, 0.25) is 5.95 Å². The lowest BCUT2D eigenvalue weighted by Crippen LogP contribution is -2.38. The molecule has 3 aliphatic heterocycles. The first-order chi connectivity index (χ1) is 21.3. The third-order valence-electron chi connectivity index (χ3n) is 7.21. The largest absolute Gasteiger partial charge is 0.472 e. The lowest BCUT2D eigenvalue weighted by Gasteiger charge is -2.28. The van der Waals surface area contributed by atoms with Gasteiger partial charge in [0.25, 0.3) is 5.56 Å². The fourth-order valence-corrected chi connectivity index (χ4v) is 7.20. The van der Waals surface area contributed by atoms with Crippen LogP contribution in [0.2, 0.25) is 0 Å². The average Bonchev–Trinajstić information content (AvgIpc) is 3.72. The van der Waals surface area contributed by atoms with Crippen molar-refractivity contribution >= 4 is 49.5 Å². The molecular weight excluding hydrogens is 650 g/mol. The van der Waals surface area contributed by atoms with E-state index in [2.05, 4.69) is 29.9 Å². The quantitative estimate of drug-likeness (QED) is 0.109. The van der Waals surface area contributed by atoms with Gasteiger partial charge in [0.1, 0.15) is 36.3 Å². The highest BCUT2D eigenvalue weighted by Gasteiger charge is 2.54. The third-order valence-corrected chi connectivity index (χ3v) is 9.24. The first-order valence-corrected chi connectivity index (χ1v) is 16.2. The van der Waals surface area contributed by atoms with E-state index in [1.54, 1.807) is 0 Å². The lowest BCUT2D eigenvalue weighted by atomic mass is 10.1. The molecule has 4 aromatic heterocycles. The minimum Gasteiger partial charge on any atom is -0.386 e. The number of imidazole rings is 2. The summed E-state index contributed by atoms with van der Waals surface area (Å²) in [4.78, 5) is 55.7. The van der Waals surface area contributed by atoms with Gasteiger partial charge in [-0.3, -0.25) is 37.0 Å². The number of rotatable bonds is 2. The van der Waals surface area contributed by atoms with Gasteiger partial charge in [0, 0.05) is 0 Å². The summed E-state index contributed by atoms with van der Waals surface area (Å²) < 4.78 is 61.2.